The van der Waals surface area contributed by atoms with Crippen LogP contribution in [0.2, 0.25) is 0 Å². The second kappa shape index (κ2) is 12.3. The molecule has 5 nitrogen and oxygen atoms in total. The van der Waals surface area contributed by atoms with Crippen molar-refractivity contribution in [2.24, 2.45) is 0 Å². The van der Waals surface area contributed by atoms with Gasteiger partial charge in [0.15, 0.2) is 6.10 Å². The van der Waals surface area contributed by atoms with Gasteiger partial charge in [0, 0.05) is 7.11 Å². The lowest BCUT2D eigenvalue weighted by molar-refractivity contribution is -0.147. The molecule has 5 heteroatoms. The SMILES string of the molecule is C=CCCCCCC[C@H](NC(=O)[C@@H](OC)c1ccccc1)C(=O)OC. The van der Waals surface area contributed by atoms with Crippen molar-refractivity contribution < 1.29 is 19.1 Å². The normalized spacial score (nSPS) is 12.9. The van der Waals surface area contributed by atoms with Crippen LogP contribution < -0.4 is 5.32 Å². The lowest BCUT2D eigenvalue weighted by Crippen LogP contribution is -2.44. The third-order valence-corrected chi connectivity index (χ3v) is 4.03. The number of benzene rings is 1. The standard InChI is InChI=1S/C20H29NO4/c1-4-5-6-7-8-12-15-17(20(23)25-3)21-19(22)18(24-2)16-13-10-9-11-14-16/h4,9-11,13-14,17-18H,1,5-8,12,15H2,2-3H3,(H,21,22)/t17-,18-/m0/s1. The van der Waals surface area contributed by atoms with E-state index in [9.17, 15) is 9.59 Å². The number of amides is 1. The molecule has 1 aromatic carbocycles. The Kier molecular flexibility index (Phi) is 10.2. The molecule has 0 aliphatic rings. The highest BCUT2D eigenvalue weighted by Gasteiger charge is 2.26. The van der Waals surface area contributed by atoms with Crippen LogP contribution in [0, 0.1) is 0 Å². The van der Waals surface area contributed by atoms with E-state index in [1.807, 2.05) is 36.4 Å². The topological polar surface area (TPSA) is 64.6 Å². The molecule has 0 unspecified atom stereocenters. The molecular formula is C20H29NO4. The average molecular weight is 347 g/mol. The molecule has 1 rings (SSSR count). The summed E-state index contributed by atoms with van der Waals surface area (Å²) in [6.07, 6.45) is 6.75. The molecule has 0 saturated heterocycles. The van der Waals surface area contributed by atoms with Crippen LogP contribution in [-0.2, 0) is 19.1 Å². The molecule has 25 heavy (non-hydrogen) atoms. The molecule has 0 heterocycles. The Morgan fingerprint density at radius 3 is 2.40 bits per heavy atom. The molecule has 0 bridgehead atoms. The lowest BCUT2D eigenvalue weighted by atomic mass is 10.0. The zero-order valence-electron chi connectivity index (χ0n) is 15.2. The zero-order valence-corrected chi connectivity index (χ0v) is 15.2. The van der Waals surface area contributed by atoms with Crippen LogP contribution in [0.1, 0.15) is 50.2 Å². The van der Waals surface area contributed by atoms with Crippen molar-refractivity contribution in [2.45, 2.75) is 50.7 Å². The molecule has 0 saturated carbocycles. The summed E-state index contributed by atoms with van der Waals surface area (Å²) in [6.45, 7) is 3.70. The van der Waals surface area contributed by atoms with E-state index in [1.165, 1.54) is 14.2 Å². The number of carbonyl (C=O) groups excluding carboxylic acids is 2. The molecule has 0 spiro atoms. The summed E-state index contributed by atoms with van der Waals surface area (Å²) in [5.41, 5.74) is 0.746. The first-order valence-electron chi connectivity index (χ1n) is 8.70. The fourth-order valence-corrected chi connectivity index (χ4v) is 2.65. The number of hydrogen-bond donors (Lipinski definition) is 1. The number of allylic oxidation sites excluding steroid dienone is 1. The van der Waals surface area contributed by atoms with Crippen LogP contribution in [-0.4, -0.2) is 32.1 Å². The first kappa shape index (κ1) is 20.9. The van der Waals surface area contributed by atoms with Gasteiger partial charge in [-0.2, -0.15) is 0 Å². The summed E-state index contributed by atoms with van der Waals surface area (Å²) in [4.78, 5) is 24.5. The highest BCUT2D eigenvalue weighted by Crippen LogP contribution is 2.17. The van der Waals surface area contributed by atoms with E-state index in [0.29, 0.717) is 6.42 Å². The first-order chi connectivity index (χ1) is 12.1. The van der Waals surface area contributed by atoms with Crippen LogP contribution in [0.15, 0.2) is 43.0 Å². The average Bonchev–Trinajstić information content (AvgIpc) is 2.64. The molecule has 0 aromatic heterocycles. The minimum Gasteiger partial charge on any atom is -0.467 e. The molecule has 1 N–H and O–H groups in total. The van der Waals surface area contributed by atoms with Gasteiger partial charge in [-0.25, -0.2) is 4.79 Å². The zero-order chi connectivity index (χ0) is 18.5. The Morgan fingerprint density at radius 1 is 1.12 bits per heavy atom. The van der Waals surface area contributed by atoms with E-state index >= 15 is 0 Å². The summed E-state index contributed by atoms with van der Waals surface area (Å²) >= 11 is 0. The third-order valence-electron chi connectivity index (χ3n) is 4.03. The molecule has 1 amide bonds. The van der Waals surface area contributed by atoms with Gasteiger partial charge >= 0.3 is 5.97 Å². The third kappa shape index (κ3) is 7.52. The van der Waals surface area contributed by atoms with Crippen LogP contribution >= 0.6 is 0 Å². The maximum absolute atomic E-state index is 12.5. The molecule has 138 valence electrons. The molecular weight excluding hydrogens is 318 g/mol. The van der Waals surface area contributed by atoms with Crippen molar-refractivity contribution in [3.63, 3.8) is 0 Å². The van der Waals surface area contributed by atoms with Gasteiger partial charge in [-0.1, -0.05) is 55.7 Å². The molecule has 0 radical (unpaired) electrons. The summed E-state index contributed by atoms with van der Waals surface area (Å²) in [6, 6.07) is 8.54. The lowest BCUT2D eigenvalue weighted by Gasteiger charge is -2.21. The molecule has 0 aliphatic heterocycles. The van der Waals surface area contributed by atoms with Crippen LogP contribution in [0.4, 0.5) is 0 Å². The van der Waals surface area contributed by atoms with E-state index in [0.717, 1.165) is 37.7 Å². The van der Waals surface area contributed by atoms with Gasteiger partial charge in [-0.05, 0) is 24.8 Å². The maximum Gasteiger partial charge on any atom is 0.328 e. The van der Waals surface area contributed by atoms with Crippen molar-refractivity contribution in [1.29, 1.82) is 0 Å². The van der Waals surface area contributed by atoms with E-state index in [-0.39, 0.29) is 5.91 Å². The second-order valence-corrected chi connectivity index (χ2v) is 5.89. The number of nitrogens with one attached hydrogen (secondary N) is 1. The summed E-state index contributed by atoms with van der Waals surface area (Å²) < 4.78 is 10.1. The van der Waals surface area contributed by atoms with Crippen molar-refractivity contribution in [1.82, 2.24) is 5.32 Å². The Hall–Kier alpha value is -2.14. The number of methoxy groups -OCH3 is 2. The number of carbonyl (C=O) groups is 2. The molecule has 2 atom stereocenters. The summed E-state index contributed by atoms with van der Waals surface area (Å²) in [5, 5.41) is 2.76. The van der Waals surface area contributed by atoms with Gasteiger partial charge < -0.3 is 14.8 Å². The van der Waals surface area contributed by atoms with Gasteiger partial charge in [0.1, 0.15) is 6.04 Å². The Bertz CT molecular complexity index is 530. The van der Waals surface area contributed by atoms with E-state index < -0.39 is 18.1 Å². The van der Waals surface area contributed by atoms with Gasteiger partial charge in [-0.3, -0.25) is 4.79 Å². The Balaban J connectivity index is 2.59. The van der Waals surface area contributed by atoms with Crippen LogP contribution in [0.5, 0.6) is 0 Å². The summed E-state index contributed by atoms with van der Waals surface area (Å²) in [5.74, 6) is -0.766. The second-order valence-electron chi connectivity index (χ2n) is 5.89. The van der Waals surface area contributed by atoms with Crippen molar-refractivity contribution in [3.05, 3.63) is 48.6 Å². The number of hydrogen-bond acceptors (Lipinski definition) is 4. The largest absolute Gasteiger partial charge is 0.467 e. The van der Waals surface area contributed by atoms with E-state index in [4.69, 9.17) is 9.47 Å². The molecule has 0 fully saturated rings. The monoisotopic (exact) mass is 347 g/mol. The number of unbranched alkanes of at least 4 members (excludes halogenated alkanes) is 4. The minimum atomic E-state index is -0.749. The first-order valence-corrected chi connectivity index (χ1v) is 8.70. The van der Waals surface area contributed by atoms with Crippen molar-refractivity contribution in [3.8, 4) is 0 Å². The minimum absolute atomic E-state index is 0.337. The molecule has 1 aromatic rings. The van der Waals surface area contributed by atoms with Gasteiger partial charge in [-0.15, -0.1) is 6.58 Å². The highest BCUT2D eigenvalue weighted by atomic mass is 16.5. The van der Waals surface area contributed by atoms with Crippen molar-refractivity contribution >= 4 is 11.9 Å². The fraction of sp³-hybridized carbons (Fsp3) is 0.500. The van der Waals surface area contributed by atoms with Gasteiger partial charge in [0.2, 0.25) is 0 Å². The van der Waals surface area contributed by atoms with Gasteiger partial charge in [0.25, 0.3) is 5.91 Å². The number of esters is 1. The van der Waals surface area contributed by atoms with Gasteiger partial charge in [0.05, 0.1) is 7.11 Å². The summed E-state index contributed by atoms with van der Waals surface area (Å²) in [7, 11) is 2.81. The smallest absolute Gasteiger partial charge is 0.328 e. The highest BCUT2D eigenvalue weighted by molar-refractivity contribution is 5.87. The van der Waals surface area contributed by atoms with E-state index in [2.05, 4.69) is 11.9 Å². The maximum atomic E-state index is 12.5. The quantitative estimate of drug-likeness (QED) is 0.357. The predicted octanol–water partition coefficient (Wildman–Crippen LogP) is 3.56. The van der Waals surface area contributed by atoms with Crippen LogP contribution in [0.3, 0.4) is 0 Å². The fourth-order valence-electron chi connectivity index (χ4n) is 2.65. The van der Waals surface area contributed by atoms with E-state index in [1.54, 1.807) is 0 Å². The number of rotatable bonds is 12. The predicted molar refractivity (Wildman–Crippen MR) is 98.0 cm³/mol. The Labute approximate surface area is 150 Å². The number of ether oxygens (including phenoxy) is 2. The van der Waals surface area contributed by atoms with Crippen molar-refractivity contribution in [2.75, 3.05) is 14.2 Å². The van der Waals surface area contributed by atoms with Crippen LogP contribution in [0.25, 0.3) is 0 Å². The Morgan fingerprint density at radius 2 is 1.80 bits per heavy atom. The molecule has 0 aliphatic carbocycles.